The summed E-state index contributed by atoms with van der Waals surface area (Å²) in [7, 11) is 0. The highest BCUT2D eigenvalue weighted by Gasteiger charge is 2.19. The third kappa shape index (κ3) is 3.67. The van der Waals surface area contributed by atoms with E-state index in [2.05, 4.69) is 75.9 Å². The molecule has 0 saturated carbocycles. The Kier molecular flexibility index (Phi) is 4.95. The fourth-order valence-electron chi connectivity index (χ4n) is 3.74. The molecule has 5 heteroatoms. The van der Waals surface area contributed by atoms with Crippen LogP contribution in [0.25, 0.3) is 27.9 Å². The Labute approximate surface area is 179 Å². The van der Waals surface area contributed by atoms with Gasteiger partial charge in [-0.05, 0) is 23.1 Å². The van der Waals surface area contributed by atoms with Crippen molar-refractivity contribution >= 4 is 27.9 Å². The summed E-state index contributed by atoms with van der Waals surface area (Å²) in [4.78, 5) is 12.8. The van der Waals surface area contributed by atoms with Gasteiger partial charge in [0.05, 0.1) is 11.7 Å². The maximum atomic E-state index is 4.91. The van der Waals surface area contributed by atoms with E-state index in [9.17, 15) is 0 Å². The minimum atomic E-state index is -0.0312. The van der Waals surface area contributed by atoms with E-state index in [1.54, 1.807) is 11.3 Å². The van der Waals surface area contributed by atoms with Gasteiger partial charge in [-0.3, -0.25) is 0 Å². The summed E-state index contributed by atoms with van der Waals surface area (Å²) in [5.41, 5.74) is 5.35. The first-order valence-corrected chi connectivity index (χ1v) is 10.8. The topological polar surface area (TPSA) is 56.5 Å². The van der Waals surface area contributed by atoms with Crippen molar-refractivity contribution in [2.45, 2.75) is 12.5 Å². The number of para-hydroxylation sites is 1. The number of fused-ring (bicyclic) bond motifs is 1. The van der Waals surface area contributed by atoms with Crippen molar-refractivity contribution in [1.82, 2.24) is 20.3 Å². The van der Waals surface area contributed by atoms with Gasteiger partial charge >= 0.3 is 0 Å². The first kappa shape index (κ1) is 18.5. The number of rotatable bonds is 7. The molecule has 0 aliphatic carbocycles. The van der Waals surface area contributed by atoms with Crippen molar-refractivity contribution in [3.05, 3.63) is 107 Å². The molecule has 2 aromatic carbocycles. The third-order valence-electron chi connectivity index (χ3n) is 5.26. The van der Waals surface area contributed by atoms with Gasteiger partial charge < -0.3 is 15.3 Å². The van der Waals surface area contributed by atoms with Gasteiger partial charge in [0.2, 0.25) is 0 Å². The summed E-state index contributed by atoms with van der Waals surface area (Å²) in [6.07, 6.45) is 4.85. The molecule has 3 heterocycles. The van der Waals surface area contributed by atoms with Crippen LogP contribution in [0, 0.1) is 0 Å². The zero-order valence-corrected chi connectivity index (χ0v) is 17.2. The molecule has 0 saturated heterocycles. The maximum Gasteiger partial charge on any atom is 0.129 e. The number of thiophene rings is 1. The summed E-state index contributed by atoms with van der Waals surface area (Å²) < 4.78 is 0. The van der Waals surface area contributed by atoms with E-state index in [1.165, 1.54) is 10.9 Å². The van der Waals surface area contributed by atoms with Crippen molar-refractivity contribution < 1.29 is 0 Å². The molecular formula is C25H22N4S. The molecule has 3 N–H and O–H groups in total. The average molecular weight is 411 g/mol. The van der Waals surface area contributed by atoms with Crippen molar-refractivity contribution in [3.8, 4) is 11.3 Å². The molecule has 148 valence electrons. The highest BCUT2D eigenvalue weighted by atomic mass is 32.1. The quantitative estimate of drug-likeness (QED) is 0.301. The van der Waals surface area contributed by atoms with E-state index in [0.29, 0.717) is 0 Å². The van der Waals surface area contributed by atoms with E-state index < -0.39 is 0 Å². The van der Waals surface area contributed by atoms with Crippen LogP contribution in [0.15, 0.2) is 91.1 Å². The van der Waals surface area contributed by atoms with Crippen LogP contribution in [0.4, 0.5) is 0 Å². The Morgan fingerprint density at radius 3 is 2.63 bits per heavy atom. The molecule has 5 rings (SSSR count). The number of aromatic amines is 2. The second kappa shape index (κ2) is 8.05. The van der Waals surface area contributed by atoms with Crippen LogP contribution in [-0.4, -0.2) is 15.0 Å². The fraction of sp³-hybridized carbons (Fsp3) is 0.0800. The standard InChI is InChI=1S/C25H22N4S/c1-17(24-12-7-13-30-24)28-22(14-19-15-26-21-11-6-5-10-20(19)21)25-27-16-23(29-25)18-8-3-2-4-9-18/h2-13,15-16,22,26,28H,1,14H2,(H,27,29)/t22-/m1/s1. The second-order valence-electron chi connectivity index (χ2n) is 7.25. The minimum absolute atomic E-state index is 0.0312. The van der Waals surface area contributed by atoms with Crippen LogP contribution < -0.4 is 5.32 Å². The second-order valence-corrected chi connectivity index (χ2v) is 8.20. The fourth-order valence-corrected chi connectivity index (χ4v) is 4.40. The SMILES string of the molecule is C=C(N[C@H](Cc1c[nH]c2ccccc12)c1nc(-c2ccccc2)c[nH]1)c1cccs1. The monoisotopic (exact) mass is 410 g/mol. The van der Waals surface area contributed by atoms with Gasteiger partial charge in [0.25, 0.3) is 0 Å². The lowest BCUT2D eigenvalue weighted by Gasteiger charge is -2.19. The number of H-pyrrole nitrogens is 2. The number of aromatic nitrogens is 3. The first-order valence-electron chi connectivity index (χ1n) is 9.93. The average Bonchev–Trinajstić information content (AvgIpc) is 3.55. The maximum absolute atomic E-state index is 4.91. The number of hydrogen-bond acceptors (Lipinski definition) is 3. The molecule has 0 spiro atoms. The van der Waals surface area contributed by atoms with Gasteiger partial charge in [0, 0.05) is 45.9 Å². The number of nitrogens with one attached hydrogen (secondary N) is 3. The summed E-state index contributed by atoms with van der Waals surface area (Å²) >= 11 is 1.68. The van der Waals surface area contributed by atoms with Gasteiger partial charge in [-0.2, -0.15) is 0 Å². The molecule has 4 nitrogen and oxygen atoms in total. The van der Waals surface area contributed by atoms with Crippen molar-refractivity contribution in [1.29, 1.82) is 0 Å². The number of hydrogen-bond donors (Lipinski definition) is 3. The Morgan fingerprint density at radius 2 is 1.80 bits per heavy atom. The van der Waals surface area contributed by atoms with Crippen molar-refractivity contribution in [3.63, 3.8) is 0 Å². The molecule has 0 aliphatic heterocycles. The molecular weight excluding hydrogens is 388 g/mol. The lowest BCUT2D eigenvalue weighted by molar-refractivity contribution is 0.601. The summed E-state index contributed by atoms with van der Waals surface area (Å²) in [6.45, 7) is 4.27. The predicted octanol–water partition coefficient (Wildman–Crippen LogP) is 6.16. The zero-order chi connectivity index (χ0) is 20.3. The number of nitrogens with zero attached hydrogens (tertiary/aromatic N) is 1. The molecule has 1 atom stereocenters. The molecule has 30 heavy (non-hydrogen) atoms. The minimum Gasteiger partial charge on any atom is -0.374 e. The molecule has 0 radical (unpaired) electrons. The molecule has 0 aliphatic rings. The number of imidazole rings is 1. The number of benzene rings is 2. The van der Waals surface area contributed by atoms with E-state index in [-0.39, 0.29) is 6.04 Å². The normalized spacial score (nSPS) is 12.1. The molecule has 0 unspecified atom stereocenters. The Hall–Kier alpha value is -3.57. The summed E-state index contributed by atoms with van der Waals surface area (Å²) in [5.74, 6) is 0.900. The largest absolute Gasteiger partial charge is 0.374 e. The first-order chi connectivity index (χ1) is 14.8. The van der Waals surface area contributed by atoms with Crippen LogP contribution in [0.3, 0.4) is 0 Å². The Balaban J connectivity index is 1.48. The van der Waals surface area contributed by atoms with Gasteiger partial charge in [-0.1, -0.05) is 61.2 Å². The zero-order valence-electron chi connectivity index (χ0n) is 16.4. The molecule has 5 aromatic rings. The van der Waals surface area contributed by atoms with Crippen LogP contribution in [-0.2, 0) is 6.42 Å². The van der Waals surface area contributed by atoms with E-state index in [4.69, 9.17) is 4.98 Å². The van der Waals surface area contributed by atoms with Gasteiger partial charge in [0.15, 0.2) is 0 Å². The summed E-state index contributed by atoms with van der Waals surface area (Å²) in [5, 5.41) is 6.92. The smallest absolute Gasteiger partial charge is 0.129 e. The predicted molar refractivity (Wildman–Crippen MR) is 125 cm³/mol. The van der Waals surface area contributed by atoms with Gasteiger partial charge in [-0.25, -0.2) is 4.98 Å². The highest BCUT2D eigenvalue weighted by molar-refractivity contribution is 7.11. The lowest BCUT2D eigenvalue weighted by Crippen LogP contribution is -2.22. The van der Waals surface area contributed by atoms with E-state index in [1.807, 2.05) is 30.5 Å². The van der Waals surface area contributed by atoms with E-state index >= 15 is 0 Å². The van der Waals surface area contributed by atoms with E-state index in [0.717, 1.165) is 39.6 Å². The third-order valence-corrected chi connectivity index (χ3v) is 6.19. The van der Waals surface area contributed by atoms with Crippen molar-refractivity contribution in [2.75, 3.05) is 0 Å². The summed E-state index contributed by atoms with van der Waals surface area (Å²) in [6, 6.07) is 22.7. The van der Waals surface area contributed by atoms with Crippen molar-refractivity contribution in [2.24, 2.45) is 0 Å². The van der Waals surface area contributed by atoms with Crippen LogP contribution in [0.1, 0.15) is 22.3 Å². The Bertz CT molecular complexity index is 1270. The van der Waals surface area contributed by atoms with Crippen LogP contribution >= 0.6 is 11.3 Å². The Morgan fingerprint density at radius 1 is 0.967 bits per heavy atom. The molecule has 0 amide bonds. The lowest BCUT2D eigenvalue weighted by atomic mass is 10.0. The van der Waals surface area contributed by atoms with Crippen LogP contribution in [0.5, 0.6) is 0 Å². The van der Waals surface area contributed by atoms with Gasteiger partial charge in [-0.15, -0.1) is 11.3 Å². The molecule has 0 fully saturated rings. The molecule has 3 aromatic heterocycles. The van der Waals surface area contributed by atoms with Crippen LogP contribution in [0.2, 0.25) is 0 Å². The van der Waals surface area contributed by atoms with Gasteiger partial charge in [0.1, 0.15) is 5.82 Å². The highest BCUT2D eigenvalue weighted by Crippen LogP contribution is 2.27. The molecule has 0 bridgehead atoms.